The van der Waals surface area contributed by atoms with Gasteiger partial charge in [0.15, 0.2) is 0 Å². The Hall–Kier alpha value is -0.950. The standard InChI is InChI=1S/C13H11BrCl2N2O2S/c1-18(10-4-2-9(17)3-5-10)21(19,20)13-11(15)6-8(14)7-12(13)16/h2-7H,17H2,1H3. The van der Waals surface area contributed by atoms with E-state index in [0.29, 0.717) is 15.8 Å². The average molecular weight is 410 g/mol. The molecule has 0 aliphatic rings. The van der Waals surface area contributed by atoms with Gasteiger partial charge in [0.1, 0.15) is 4.90 Å². The molecule has 0 saturated heterocycles. The molecule has 0 fully saturated rings. The Labute approximate surface area is 141 Å². The van der Waals surface area contributed by atoms with Crippen LogP contribution in [0.1, 0.15) is 0 Å². The summed E-state index contributed by atoms with van der Waals surface area (Å²) in [6.07, 6.45) is 0. The van der Waals surface area contributed by atoms with Gasteiger partial charge < -0.3 is 5.73 Å². The quantitative estimate of drug-likeness (QED) is 0.774. The van der Waals surface area contributed by atoms with Crippen LogP contribution in [0, 0.1) is 0 Å². The maximum atomic E-state index is 12.7. The van der Waals surface area contributed by atoms with E-state index in [2.05, 4.69) is 15.9 Å². The number of anilines is 2. The first-order chi connectivity index (χ1) is 9.73. The van der Waals surface area contributed by atoms with Gasteiger partial charge in [0.2, 0.25) is 0 Å². The molecule has 0 unspecified atom stereocenters. The highest BCUT2D eigenvalue weighted by molar-refractivity contribution is 9.10. The second-order valence-corrected chi connectivity index (χ2v) is 7.90. The number of benzene rings is 2. The number of nitrogen functional groups attached to an aromatic ring is 1. The lowest BCUT2D eigenvalue weighted by molar-refractivity contribution is 0.594. The minimum Gasteiger partial charge on any atom is -0.399 e. The van der Waals surface area contributed by atoms with E-state index in [9.17, 15) is 8.42 Å². The van der Waals surface area contributed by atoms with Gasteiger partial charge >= 0.3 is 0 Å². The molecule has 0 radical (unpaired) electrons. The molecule has 112 valence electrons. The molecule has 0 spiro atoms. The Kier molecular flexibility index (Phi) is 4.72. The van der Waals surface area contributed by atoms with Gasteiger partial charge in [-0.15, -0.1) is 0 Å². The van der Waals surface area contributed by atoms with Crippen LogP contribution in [-0.4, -0.2) is 15.5 Å². The summed E-state index contributed by atoms with van der Waals surface area (Å²) in [5, 5.41) is 0.105. The van der Waals surface area contributed by atoms with Crippen LogP contribution in [0.4, 0.5) is 11.4 Å². The molecule has 0 saturated carbocycles. The lowest BCUT2D eigenvalue weighted by Crippen LogP contribution is -2.27. The van der Waals surface area contributed by atoms with Gasteiger partial charge in [-0.2, -0.15) is 0 Å². The number of hydrogen-bond donors (Lipinski definition) is 1. The molecule has 4 nitrogen and oxygen atoms in total. The van der Waals surface area contributed by atoms with Crippen LogP contribution in [-0.2, 0) is 10.0 Å². The first-order valence-corrected chi connectivity index (χ1v) is 8.71. The molecule has 8 heteroatoms. The van der Waals surface area contributed by atoms with Crippen LogP contribution < -0.4 is 10.0 Å². The van der Waals surface area contributed by atoms with E-state index in [4.69, 9.17) is 28.9 Å². The largest absolute Gasteiger partial charge is 0.399 e. The Morgan fingerprint density at radius 1 is 1.10 bits per heavy atom. The number of sulfonamides is 1. The second-order valence-electron chi connectivity index (χ2n) is 4.26. The minimum atomic E-state index is -3.88. The number of hydrogen-bond acceptors (Lipinski definition) is 3. The van der Waals surface area contributed by atoms with Crippen LogP contribution in [0.5, 0.6) is 0 Å². The van der Waals surface area contributed by atoms with Crippen molar-refractivity contribution in [3.63, 3.8) is 0 Å². The molecule has 2 aromatic rings. The molecule has 0 aliphatic heterocycles. The molecule has 0 bridgehead atoms. The van der Waals surface area contributed by atoms with E-state index >= 15 is 0 Å². The van der Waals surface area contributed by atoms with Crippen molar-refractivity contribution in [2.24, 2.45) is 0 Å². The summed E-state index contributed by atoms with van der Waals surface area (Å²) in [5.41, 5.74) is 6.60. The topological polar surface area (TPSA) is 63.4 Å². The van der Waals surface area contributed by atoms with Gasteiger partial charge in [0.05, 0.1) is 15.7 Å². The van der Waals surface area contributed by atoms with E-state index in [-0.39, 0.29) is 14.9 Å². The monoisotopic (exact) mass is 408 g/mol. The predicted molar refractivity (Wildman–Crippen MR) is 90.6 cm³/mol. The fourth-order valence-electron chi connectivity index (χ4n) is 1.74. The third-order valence-electron chi connectivity index (χ3n) is 2.84. The van der Waals surface area contributed by atoms with Crippen molar-refractivity contribution in [2.45, 2.75) is 4.90 Å². The summed E-state index contributed by atoms with van der Waals surface area (Å²) >= 11 is 15.3. The van der Waals surface area contributed by atoms with Crippen molar-refractivity contribution in [1.29, 1.82) is 0 Å². The normalized spacial score (nSPS) is 11.4. The smallest absolute Gasteiger partial charge is 0.267 e. The van der Waals surface area contributed by atoms with Crippen molar-refractivity contribution in [3.8, 4) is 0 Å². The molecule has 0 aliphatic carbocycles. The highest BCUT2D eigenvalue weighted by Crippen LogP contribution is 2.35. The molecule has 2 N–H and O–H groups in total. The number of nitrogens with zero attached hydrogens (tertiary/aromatic N) is 1. The number of halogens is 3. The average Bonchev–Trinajstić information content (AvgIpc) is 2.37. The lowest BCUT2D eigenvalue weighted by Gasteiger charge is -2.21. The fourth-order valence-corrected chi connectivity index (χ4v) is 4.81. The van der Waals surface area contributed by atoms with Crippen molar-refractivity contribution in [3.05, 3.63) is 50.9 Å². The van der Waals surface area contributed by atoms with Gasteiger partial charge in [-0.3, -0.25) is 4.31 Å². The van der Waals surface area contributed by atoms with Gasteiger partial charge in [-0.25, -0.2) is 8.42 Å². The molecule has 2 aromatic carbocycles. The minimum absolute atomic E-state index is 0.0525. The van der Waals surface area contributed by atoms with Crippen LogP contribution in [0.15, 0.2) is 45.8 Å². The third-order valence-corrected chi connectivity index (χ3v) is 6.00. The van der Waals surface area contributed by atoms with Crippen LogP contribution in [0.3, 0.4) is 0 Å². The molecule has 2 rings (SSSR count). The zero-order chi connectivity index (χ0) is 15.8. The van der Waals surface area contributed by atoms with E-state index in [1.807, 2.05) is 0 Å². The van der Waals surface area contributed by atoms with E-state index in [1.165, 1.54) is 19.2 Å². The van der Waals surface area contributed by atoms with Crippen molar-refractivity contribution >= 4 is 60.5 Å². The van der Waals surface area contributed by atoms with Gasteiger partial charge in [-0.1, -0.05) is 39.1 Å². The van der Waals surface area contributed by atoms with Gasteiger partial charge in [0, 0.05) is 17.2 Å². The first-order valence-electron chi connectivity index (χ1n) is 5.72. The summed E-state index contributed by atoms with van der Waals surface area (Å²) in [4.78, 5) is -0.131. The van der Waals surface area contributed by atoms with Gasteiger partial charge in [-0.05, 0) is 36.4 Å². The molecule has 21 heavy (non-hydrogen) atoms. The Morgan fingerprint density at radius 2 is 1.57 bits per heavy atom. The van der Waals surface area contributed by atoms with Crippen molar-refractivity contribution in [2.75, 3.05) is 17.1 Å². The molecule has 0 aromatic heterocycles. The maximum absolute atomic E-state index is 12.7. The van der Waals surface area contributed by atoms with E-state index in [0.717, 1.165) is 4.31 Å². The molecular formula is C13H11BrCl2N2O2S. The number of nitrogens with two attached hydrogens (primary N) is 1. The zero-order valence-electron chi connectivity index (χ0n) is 10.8. The van der Waals surface area contributed by atoms with Crippen LogP contribution >= 0.6 is 39.1 Å². The SMILES string of the molecule is CN(c1ccc(N)cc1)S(=O)(=O)c1c(Cl)cc(Br)cc1Cl. The lowest BCUT2D eigenvalue weighted by atomic mass is 10.3. The maximum Gasteiger partial charge on any atom is 0.267 e. The third kappa shape index (κ3) is 3.29. The molecule has 0 atom stereocenters. The Morgan fingerprint density at radius 3 is 2.05 bits per heavy atom. The van der Waals surface area contributed by atoms with Crippen molar-refractivity contribution < 1.29 is 8.42 Å². The Balaban J connectivity index is 2.54. The van der Waals surface area contributed by atoms with Crippen molar-refractivity contribution in [1.82, 2.24) is 0 Å². The van der Waals surface area contributed by atoms with Crippen LogP contribution in [0.25, 0.3) is 0 Å². The first kappa shape index (κ1) is 16.4. The van der Waals surface area contributed by atoms with E-state index < -0.39 is 10.0 Å². The number of rotatable bonds is 3. The second kappa shape index (κ2) is 6.04. The molecule has 0 amide bonds. The molecule has 0 heterocycles. The Bertz CT molecular complexity index is 756. The van der Waals surface area contributed by atoms with E-state index in [1.54, 1.807) is 24.3 Å². The summed E-state index contributed by atoms with van der Waals surface area (Å²) in [5.74, 6) is 0. The van der Waals surface area contributed by atoms with Crippen LogP contribution in [0.2, 0.25) is 10.0 Å². The highest BCUT2D eigenvalue weighted by Gasteiger charge is 2.27. The summed E-state index contributed by atoms with van der Waals surface area (Å²) in [6, 6.07) is 9.41. The van der Waals surface area contributed by atoms with Gasteiger partial charge in [0.25, 0.3) is 10.0 Å². The zero-order valence-corrected chi connectivity index (χ0v) is 14.8. The summed E-state index contributed by atoms with van der Waals surface area (Å²) in [7, 11) is -2.45. The summed E-state index contributed by atoms with van der Waals surface area (Å²) in [6.45, 7) is 0. The summed E-state index contributed by atoms with van der Waals surface area (Å²) < 4.78 is 27.1. The predicted octanol–water partition coefficient (Wildman–Crippen LogP) is 4.16. The molecular weight excluding hydrogens is 399 g/mol. The fraction of sp³-hybridized carbons (Fsp3) is 0.0769. The highest BCUT2D eigenvalue weighted by atomic mass is 79.9.